The molecular formula is C16H9NO2. The Morgan fingerprint density at radius 3 is 2.74 bits per heavy atom. The molecule has 0 saturated carbocycles. The summed E-state index contributed by atoms with van der Waals surface area (Å²) in [5, 5.41) is 2.19. The van der Waals surface area contributed by atoms with Gasteiger partial charge < -0.3 is 4.42 Å². The first-order valence-corrected chi connectivity index (χ1v) is 6.03. The van der Waals surface area contributed by atoms with Crippen LogP contribution in [0.3, 0.4) is 0 Å². The molecule has 3 nitrogen and oxygen atoms in total. The van der Waals surface area contributed by atoms with Crippen molar-refractivity contribution < 1.29 is 4.42 Å². The third kappa shape index (κ3) is 1.45. The second-order valence-corrected chi connectivity index (χ2v) is 4.48. The van der Waals surface area contributed by atoms with E-state index in [0.717, 1.165) is 16.5 Å². The van der Waals surface area contributed by atoms with Gasteiger partial charge in [-0.25, -0.2) is 4.98 Å². The van der Waals surface area contributed by atoms with Gasteiger partial charge >= 0.3 is 0 Å². The first-order chi connectivity index (χ1) is 9.33. The highest BCUT2D eigenvalue weighted by atomic mass is 16.3. The van der Waals surface area contributed by atoms with Crippen LogP contribution in [0.1, 0.15) is 0 Å². The van der Waals surface area contributed by atoms with Crippen molar-refractivity contribution in [2.45, 2.75) is 0 Å². The number of hydrogen-bond acceptors (Lipinski definition) is 3. The number of nitrogens with zero attached hydrogens (tertiary/aromatic N) is 1. The van der Waals surface area contributed by atoms with E-state index in [1.807, 2.05) is 48.5 Å². The standard InChI is InChI=1S/C16H9NO2/c18-16-11-5-1-2-6-13(11)17-14-9-15-10(8-12(14)16)4-3-7-19-15/h1-9H. The van der Waals surface area contributed by atoms with Gasteiger partial charge in [-0.3, -0.25) is 4.79 Å². The van der Waals surface area contributed by atoms with E-state index in [-0.39, 0.29) is 5.43 Å². The monoisotopic (exact) mass is 247 g/mol. The van der Waals surface area contributed by atoms with E-state index in [4.69, 9.17) is 4.42 Å². The molecule has 3 heteroatoms. The first-order valence-electron chi connectivity index (χ1n) is 6.03. The smallest absolute Gasteiger partial charge is 0.197 e. The second-order valence-electron chi connectivity index (χ2n) is 4.48. The van der Waals surface area contributed by atoms with Gasteiger partial charge in [-0.05, 0) is 30.3 Å². The fourth-order valence-corrected chi connectivity index (χ4v) is 2.39. The van der Waals surface area contributed by atoms with Gasteiger partial charge in [0.25, 0.3) is 0 Å². The highest BCUT2D eigenvalue weighted by molar-refractivity contribution is 5.99. The van der Waals surface area contributed by atoms with E-state index < -0.39 is 0 Å². The molecule has 2 aromatic heterocycles. The van der Waals surface area contributed by atoms with Gasteiger partial charge in [0.15, 0.2) is 5.43 Å². The summed E-state index contributed by atoms with van der Waals surface area (Å²) in [4.78, 5) is 17.0. The predicted octanol–water partition coefficient (Wildman–Crippen LogP) is 3.49. The van der Waals surface area contributed by atoms with Crippen molar-refractivity contribution in [3.05, 3.63) is 65.0 Å². The van der Waals surface area contributed by atoms with Crippen LogP contribution in [0, 0.1) is 0 Å². The van der Waals surface area contributed by atoms with E-state index in [2.05, 4.69) is 4.98 Å². The summed E-state index contributed by atoms with van der Waals surface area (Å²) >= 11 is 0. The SMILES string of the molecule is O=c1c2ccccc2nc2cc3occcc3cc12. The van der Waals surface area contributed by atoms with Crippen LogP contribution < -0.4 is 5.43 Å². The van der Waals surface area contributed by atoms with Gasteiger partial charge in [0.05, 0.1) is 17.3 Å². The van der Waals surface area contributed by atoms with E-state index in [1.54, 1.807) is 6.26 Å². The molecule has 4 rings (SSSR count). The topological polar surface area (TPSA) is 43.1 Å². The van der Waals surface area contributed by atoms with Gasteiger partial charge in [-0.2, -0.15) is 0 Å². The summed E-state index contributed by atoms with van der Waals surface area (Å²) in [5.41, 5.74) is 2.14. The molecule has 0 aliphatic rings. The first kappa shape index (κ1) is 10.3. The van der Waals surface area contributed by atoms with Crippen molar-refractivity contribution in [1.82, 2.24) is 4.98 Å². The van der Waals surface area contributed by atoms with E-state index in [0.29, 0.717) is 16.3 Å². The Labute approximate surface area is 108 Å². The van der Waals surface area contributed by atoms with Crippen LogP contribution in [0.15, 0.2) is 64.0 Å². The van der Waals surface area contributed by atoms with E-state index in [9.17, 15) is 4.79 Å². The van der Waals surface area contributed by atoms with E-state index >= 15 is 0 Å². The molecule has 0 N–H and O–H groups in total. The quantitative estimate of drug-likeness (QED) is 0.447. The lowest BCUT2D eigenvalue weighted by Gasteiger charge is -2.02. The van der Waals surface area contributed by atoms with Crippen molar-refractivity contribution in [3.8, 4) is 0 Å². The maximum absolute atomic E-state index is 12.5. The average molecular weight is 247 g/mol. The molecule has 2 aromatic carbocycles. The lowest BCUT2D eigenvalue weighted by Crippen LogP contribution is -2.03. The molecule has 2 heterocycles. The zero-order chi connectivity index (χ0) is 12.8. The molecule has 0 saturated heterocycles. The molecule has 19 heavy (non-hydrogen) atoms. The molecule has 4 aromatic rings. The molecule has 0 aliphatic carbocycles. The number of fused-ring (bicyclic) bond motifs is 3. The summed E-state index contributed by atoms with van der Waals surface area (Å²) in [5.74, 6) is 0. The Morgan fingerprint density at radius 2 is 1.79 bits per heavy atom. The van der Waals surface area contributed by atoms with Crippen molar-refractivity contribution in [2.75, 3.05) is 0 Å². The molecular weight excluding hydrogens is 238 g/mol. The lowest BCUT2D eigenvalue weighted by molar-refractivity contribution is 0.604. The van der Waals surface area contributed by atoms with Gasteiger partial charge in [0.1, 0.15) is 5.58 Å². The summed E-state index contributed by atoms with van der Waals surface area (Å²) in [7, 11) is 0. The van der Waals surface area contributed by atoms with Gasteiger partial charge in [0.2, 0.25) is 0 Å². The van der Waals surface area contributed by atoms with Gasteiger partial charge in [0, 0.05) is 22.2 Å². The van der Waals surface area contributed by atoms with Crippen LogP contribution in [0.25, 0.3) is 32.8 Å². The van der Waals surface area contributed by atoms with Crippen molar-refractivity contribution in [1.29, 1.82) is 0 Å². The molecule has 0 amide bonds. The third-order valence-corrected chi connectivity index (χ3v) is 3.31. The highest BCUT2D eigenvalue weighted by Crippen LogP contribution is 2.21. The zero-order valence-corrected chi connectivity index (χ0v) is 9.96. The maximum Gasteiger partial charge on any atom is 0.197 e. The van der Waals surface area contributed by atoms with Crippen LogP contribution in [-0.2, 0) is 0 Å². The highest BCUT2D eigenvalue weighted by Gasteiger charge is 2.07. The molecule has 0 fully saturated rings. The van der Waals surface area contributed by atoms with Crippen molar-refractivity contribution >= 4 is 32.8 Å². The van der Waals surface area contributed by atoms with Crippen LogP contribution in [0.2, 0.25) is 0 Å². The fourth-order valence-electron chi connectivity index (χ4n) is 2.39. The van der Waals surface area contributed by atoms with Gasteiger partial charge in [-0.15, -0.1) is 0 Å². The minimum atomic E-state index is 0.0198. The molecule has 0 unspecified atom stereocenters. The maximum atomic E-state index is 12.5. The number of benzene rings is 2. The Bertz CT molecular complexity index is 981. The number of para-hydroxylation sites is 1. The number of rotatable bonds is 0. The van der Waals surface area contributed by atoms with Crippen LogP contribution >= 0.6 is 0 Å². The third-order valence-electron chi connectivity index (χ3n) is 3.31. The summed E-state index contributed by atoms with van der Waals surface area (Å²) < 4.78 is 5.43. The largest absolute Gasteiger partial charge is 0.464 e. The van der Waals surface area contributed by atoms with Gasteiger partial charge in [-0.1, -0.05) is 12.1 Å². The molecule has 0 radical (unpaired) electrons. The average Bonchev–Trinajstić information content (AvgIpc) is 2.46. The van der Waals surface area contributed by atoms with Crippen molar-refractivity contribution in [2.24, 2.45) is 0 Å². The zero-order valence-electron chi connectivity index (χ0n) is 9.96. The summed E-state index contributed by atoms with van der Waals surface area (Å²) in [6.45, 7) is 0. The number of aromatic nitrogens is 1. The molecule has 0 atom stereocenters. The normalized spacial score (nSPS) is 11.4. The summed E-state index contributed by atoms with van der Waals surface area (Å²) in [6.07, 6.45) is 1.62. The molecule has 0 spiro atoms. The number of pyridine rings is 1. The van der Waals surface area contributed by atoms with Crippen molar-refractivity contribution in [3.63, 3.8) is 0 Å². The lowest BCUT2D eigenvalue weighted by atomic mass is 10.1. The minimum Gasteiger partial charge on any atom is -0.464 e. The van der Waals surface area contributed by atoms with Crippen LogP contribution in [0.4, 0.5) is 0 Å². The molecule has 90 valence electrons. The van der Waals surface area contributed by atoms with E-state index in [1.165, 1.54) is 0 Å². The van der Waals surface area contributed by atoms with Crippen LogP contribution in [0.5, 0.6) is 0 Å². The predicted molar refractivity (Wildman–Crippen MR) is 75.3 cm³/mol. The van der Waals surface area contributed by atoms with Crippen LogP contribution in [-0.4, -0.2) is 4.98 Å². The fraction of sp³-hybridized carbons (Fsp3) is 0. The Hall–Kier alpha value is -2.68. The molecule has 0 bridgehead atoms. The minimum absolute atomic E-state index is 0.0198. The second kappa shape index (κ2) is 3.65. The Morgan fingerprint density at radius 1 is 0.895 bits per heavy atom. The molecule has 0 aliphatic heterocycles. The number of hydrogen-bond donors (Lipinski definition) is 0. The Balaban J connectivity index is 2.29. The summed E-state index contributed by atoms with van der Waals surface area (Å²) in [6, 6.07) is 14.8. The Kier molecular flexibility index (Phi) is 1.97.